The van der Waals surface area contributed by atoms with E-state index in [2.05, 4.69) is 9.69 Å². The molecule has 0 spiro atoms. The predicted octanol–water partition coefficient (Wildman–Crippen LogP) is 8.19. The normalized spacial score (nSPS) is 16.0. The highest BCUT2D eigenvalue weighted by atomic mass is 19.2. The highest BCUT2D eigenvalue weighted by Crippen LogP contribution is 2.61. The van der Waals surface area contributed by atoms with Crippen molar-refractivity contribution in [3.63, 3.8) is 0 Å². The number of nitriles is 4. The average Bonchev–Trinajstić information content (AvgIpc) is 3.78. The third kappa shape index (κ3) is 4.64. The lowest BCUT2D eigenvalue weighted by atomic mass is 9.95. The fraction of sp³-hybridized carbons (Fsp3) is 0.0667. The van der Waals surface area contributed by atoms with E-state index in [-0.39, 0.29) is 0 Å². The summed E-state index contributed by atoms with van der Waals surface area (Å²) >= 11 is 0. The van der Waals surface area contributed by atoms with Gasteiger partial charge in [-0.2, -0.15) is 21.0 Å². The van der Waals surface area contributed by atoms with Crippen LogP contribution in [0.15, 0.2) is 11.1 Å². The van der Waals surface area contributed by atoms with Crippen molar-refractivity contribution in [1.29, 1.82) is 21.0 Å². The molecule has 1 fully saturated rings. The van der Waals surface area contributed by atoms with Gasteiger partial charge in [-0.25, -0.2) is 64.1 Å². The number of nitrogens with zero attached hydrogens (tertiary/aromatic N) is 6. The molecule has 0 amide bonds. The molecule has 6 nitrogen and oxygen atoms in total. The summed E-state index contributed by atoms with van der Waals surface area (Å²) in [6, 6.07) is 0.721. The number of rotatable bonds is 4. The van der Waals surface area contributed by atoms with Gasteiger partial charge in [-0.3, -0.25) is 0 Å². The van der Waals surface area contributed by atoms with Crippen LogP contribution in [0.1, 0.15) is 33.9 Å². The Kier molecular flexibility index (Phi) is 8.68. The SMILES string of the molecule is [C-]#[N+]c1c(F)c(F)c(C(C#N)=C2/C(=C(/C#N)c3c(F)c(F)c(C#N)c(F)c3F)C2C([N+]#[C-])c2c(F)c(F)c(C#N)c(F)c2F)c(F)c1F. The topological polar surface area (TPSA) is 104 Å². The van der Waals surface area contributed by atoms with E-state index in [0.29, 0.717) is 0 Å². The third-order valence-electron chi connectivity index (χ3n) is 6.98. The Morgan fingerprint density at radius 3 is 1.15 bits per heavy atom. The molecule has 0 N–H and O–H groups in total. The molecular weight excluding hydrogens is 672 g/mol. The first-order valence-corrected chi connectivity index (χ1v) is 12.0. The lowest BCUT2D eigenvalue weighted by Crippen LogP contribution is -2.11. The first-order valence-electron chi connectivity index (χ1n) is 12.0. The maximum atomic E-state index is 15.1. The van der Waals surface area contributed by atoms with Gasteiger partial charge in [0.05, 0.1) is 34.8 Å². The summed E-state index contributed by atoms with van der Waals surface area (Å²) in [5.41, 5.74) is -17.6. The van der Waals surface area contributed by atoms with Gasteiger partial charge < -0.3 is 4.85 Å². The van der Waals surface area contributed by atoms with Crippen LogP contribution in [0.5, 0.6) is 0 Å². The molecule has 1 aliphatic carbocycles. The Morgan fingerprint density at radius 1 is 0.521 bits per heavy atom. The molecule has 0 saturated heterocycles. The van der Waals surface area contributed by atoms with Crippen LogP contribution in [0, 0.1) is 134 Å². The fourth-order valence-electron chi connectivity index (χ4n) is 4.84. The standard InChI is InChI=1S/C30H2F12N6/c1-47-29(16-25(39)19(33)10(6-46)20(34)26(16)40)15-11(7(3-43)13-21(35)17(31)9(5-45)18(32)22(13)36)12(15)8(4-44)14-23(37)27(41)30(48-2)28(42)24(14)38/h15,29H/b11-7+,12-8?. The zero-order valence-electron chi connectivity index (χ0n) is 22.4. The summed E-state index contributed by atoms with van der Waals surface area (Å²) in [6.45, 7) is 14.2. The van der Waals surface area contributed by atoms with Gasteiger partial charge in [-0.15, -0.1) is 0 Å². The van der Waals surface area contributed by atoms with Gasteiger partial charge in [-0.05, 0) is 11.1 Å². The molecule has 236 valence electrons. The van der Waals surface area contributed by atoms with Gasteiger partial charge in [0.2, 0.25) is 0 Å². The number of halogens is 12. The number of benzene rings is 3. The van der Waals surface area contributed by atoms with E-state index in [4.69, 9.17) is 23.7 Å². The van der Waals surface area contributed by atoms with Crippen LogP contribution in [0.2, 0.25) is 0 Å². The first kappa shape index (κ1) is 34.1. The maximum Gasteiger partial charge on any atom is 0.265 e. The molecule has 1 aliphatic rings. The van der Waals surface area contributed by atoms with E-state index < -0.39 is 138 Å². The zero-order chi connectivity index (χ0) is 36.1. The van der Waals surface area contributed by atoms with Crippen LogP contribution >= 0.6 is 0 Å². The lowest BCUT2D eigenvalue weighted by molar-refractivity contribution is 0.427. The molecule has 4 rings (SSSR count). The van der Waals surface area contributed by atoms with Crippen LogP contribution in [0.4, 0.5) is 58.4 Å². The minimum absolute atomic E-state index is 0.780. The van der Waals surface area contributed by atoms with Crippen LogP contribution in [0.25, 0.3) is 20.8 Å². The van der Waals surface area contributed by atoms with Gasteiger partial charge in [0.25, 0.3) is 11.7 Å². The summed E-state index contributed by atoms with van der Waals surface area (Å²) in [4.78, 5) is 4.97. The lowest BCUT2D eigenvalue weighted by Gasteiger charge is -2.11. The second-order valence-corrected chi connectivity index (χ2v) is 9.22. The molecule has 3 aromatic rings. The fourth-order valence-corrected chi connectivity index (χ4v) is 4.84. The van der Waals surface area contributed by atoms with E-state index >= 15 is 26.3 Å². The average molecular weight is 674 g/mol. The molecule has 0 heterocycles. The minimum Gasteiger partial charge on any atom is -0.307 e. The summed E-state index contributed by atoms with van der Waals surface area (Å²) in [5, 5.41) is 37.4. The summed E-state index contributed by atoms with van der Waals surface area (Å²) in [7, 11) is 0. The zero-order valence-corrected chi connectivity index (χ0v) is 22.4. The van der Waals surface area contributed by atoms with E-state index in [0.717, 1.165) is 24.3 Å². The van der Waals surface area contributed by atoms with Gasteiger partial charge in [0.1, 0.15) is 41.0 Å². The van der Waals surface area contributed by atoms with Crippen molar-refractivity contribution in [2.24, 2.45) is 5.92 Å². The Labute approximate surface area is 258 Å². The van der Waals surface area contributed by atoms with Crippen molar-refractivity contribution >= 4 is 16.8 Å². The van der Waals surface area contributed by atoms with Crippen molar-refractivity contribution in [1.82, 2.24) is 0 Å². The Balaban J connectivity index is 2.27. The van der Waals surface area contributed by atoms with Gasteiger partial charge in [-0.1, -0.05) is 0 Å². The number of hydrogen-bond donors (Lipinski definition) is 0. The van der Waals surface area contributed by atoms with E-state index in [1.54, 1.807) is 0 Å². The van der Waals surface area contributed by atoms with Gasteiger partial charge in [0.15, 0.2) is 69.8 Å². The predicted molar refractivity (Wildman–Crippen MR) is 132 cm³/mol. The van der Waals surface area contributed by atoms with Crippen LogP contribution in [0.3, 0.4) is 0 Å². The molecule has 48 heavy (non-hydrogen) atoms. The molecule has 18 heteroatoms. The molecule has 0 bridgehead atoms. The molecule has 2 atom stereocenters. The van der Waals surface area contributed by atoms with Gasteiger partial charge >= 0.3 is 0 Å². The molecule has 0 aromatic heterocycles. The molecule has 2 unspecified atom stereocenters. The molecule has 3 aromatic carbocycles. The Bertz CT molecular complexity index is 2150. The van der Waals surface area contributed by atoms with Gasteiger partial charge in [0, 0.05) is 0 Å². The maximum absolute atomic E-state index is 15.1. The summed E-state index contributed by atoms with van der Waals surface area (Å²) in [6.07, 6.45) is 0. The largest absolute Gasteiger partial charge is 0.307 e. The first-order chi connectivity index (χ1) is 22.6. The van der Waals surface area contributed by atoms with Crippen LogP contribution < -0.4 is 0 Å². The van der Waals surface area contributed by atoms with Crippen molar-refractivity contribution in [2.75, 3.05) is 0 Å². The monoisotopic (exact) mass is 674 g/mol. The molecule has 0 aliphatic heterocycles. The molecular formula is C30H2F12N6. The highest BCUT2D eigenvalue weighted by molar-refractivity contribution is 5.98. The Hall–Kier alpha value is -6.76. The molecule has 1 saturated carbocycles. The van der Waals surface area contributed by atoms with Crippen LogP contribution in [-0.2, 0) is 0 Å². The third-order valence-corrected chi connectivity index (χ3v) is 6.98. The second-order valence-electron chi connectivity index (χ2n) is 9.22. The number of hydrogen-bond acceptors (Lipinski definition) is 4. The van der Waals surface area contributed by atoms with E-state index in [9.17, 15) is 36.9 Å². The quantitative estimate of drug-likeness (QED) is 0.121. The summed E-state index contributed by atoms with van der Waals surface area (Å²) < 4.78 is 178. The molecule has 0 radical (unpaired) electrons. The number of allylic oxidation sites excluding steroid dienone is 2. The second kappa shape index (κ2) is 12.2. The van der Waals surface area contributed by atoms with Crippen LogP contribution in [-0.4, -0.2) is 0 Å². The highest BCUT2D eigenvalue weighted by Gasteiger charge is 2.56. The van der Waals surface area contributed by atoms with E-state index in [1.807, 2.05) is 0 Å². The van der Waals surface area contributed by atoms with Crippen molar-refractivity contribution in [2.45, 2.75) is 6.04 Å². The van der Waals surface area contributed by atoms with Crippen molar-refractivity contribution in [3.05, 3.63) is 132 Å². The summed E-state index contributed by atoms with van der Waals surface area (Å²) in [5.74, 6) is -31.9. The minimum atomic E-state index is -2.85. The van der Waals surface area contributed by atoms with Crippen molar-refractivity contribution in [3.8, 4) is 24.3 Å². The smallest absolute Gasteiger partial charge is 0.265 e. The Morgan fingerprint density at radius 2 is 0.854 bits per heavy atom. The van der Waals surface area contributed by atoms with Crippen molar-refractivity contribution < 1.29 is 52.7 Å². The van der Waals surface area contributed by atoms with E-state index in [1.165, 1.54) is 0 Å².